The first-order chi connectivity index (χ1) is 15.9. The van der Waals surface area contributed by atoms with Crippen molar-refractivity contribution in [2.75, 3.05) is 51.3 Å². The molecule has 0 aliphatic carbocycles. The Balaban J connectivity index is 1.56. The van der Waals surface area contributed by atoms with E-state index < -0.39 is 0 Å². The number of piperazine rings is 1. The van der Waals surface area contributed by atoms with Crippen LogP contribution in [-0.4, -0.2) is 81.9 Å². The van der Waals surface area contributed by atoms with Gasteiger partial charge in [-0.1, -0.05) is 30.0 Å². The number of hydrogen-bond acceptors (Lipinski definition) is 8. The van der Waals surface area contributed by atoms with Crippen molar-refractivity contribution in [1.82, 2.24) is 19.2 Å². The normalized spacial score (nSPS) is 23.5. The van der Waals surface area contributed by atoms with Gasteiger partial charge in [0.05, 0.1) is 23.1 Å². The van der Waals surface area contributed by atoms with Crippen LogP contribution in [0.2, 0.25) is 0 Å². The van der Waals surface area contributed by atoms with Crippen LogP contribution in [0.1, 0.15) is 24.0 Å². The molecule has 0 N–H and O–H groups in total. The Hall–Kier alpha value is -2.27. The fourth-order valence-electron chi connectivity index (χ4n) is 4.47. The van der Waals surface area contributed by atoms with Crippen LogP contribution in [0.25, 0.3) is 11.7 Å². The Morgan fingerprint density at radius 3 is 2.79 bits per heavy atom. The van der Waals surface area contributed by atoms with Crippen molar-refractivity contribution < 1.29 is 9.53 Å². The Labute approximate surface area is 202 Å². The van der Waals surface area contributed by atoms with Gasteiger partial charge in [0.2, 0.25) is 0 Å². The van der Waals surface area contributed by atoms with Gasteiger partial charge in [-0.05, 0) is 44.5 Å². The summed E-state index contributed by atoms with van der Waals surface area (Å²) in [6, 6.07) is 3.79. The van der Waals surface area contributed by atoms with Crippen LogP contribution < -0.4 is 10.5 Å². The number of thiocarbonyl (C=S) groups is 1. The molecule has 8 nitrogen and oxygen atoms in total. The summed E-state index contributed by atoms with van der Waals surface area (Å²) in [6.45, 7) is 6.45. The highest BCUT2D eigenvalue weighted by Crippen LogP contribution is 2.34. The number of ether oxygens (including phenoxy) is 1. The third-order valence-electron chi connectivity index (χ3n) is 6.43. The number of likely N-dealkylation sites (N-methyl/N-ethyl adjacent to an activating group) is 1. The van der Waals surface area contributed by atoms with Gasteiger partial charge in [0.25, 0.3) is 11.5 Å². The van der Waals surface area contributed by atoms with E-state index in [1.54, 1.807) is 21.6 Å². The second-order valence-corrected chi connectivity index (χ2v) is 10.4. The fraction of sp³-hybridized carbons (Fsp3) is 0.478. The molecule has 0 bridgehead atoms. The molecule has 10 heteroatoms. The molecule has 33 heavy (non-hydrogen) atoms. The lowest BCUT2D eigenvalue weighted by atomic mass is 10.2. The summed E-state index contributed by atoms with van der Waals surface area (Å²) in [5, 5.41) is 0. The lowest BCUT2D eigenvalue weighted by Crippen LogP contribution is -2.45. The van der Waals surface area contributed by atoms with E-state index in [9.17, 15) is 9.59 Å². The first-order valence-corrected chi connectivity index (χ1v) is 12.5. The second kappa shape index (κ2) is 9.17. The highest BCUT2D eigenvalue weighted by Gasteiger charge is 2.35. The molecule has 3 fully saturated rings. The molecule has 2 aromatic rings. The van der Waals surface area contributed by atoms with E-state index in [-0.39, 0.29) is 17.6 Å². The molecular formula is C23H27N5O3S2. The maximum Gasteiger partial charge on any atom is 0.267 e. The van der Waals surface area contributed by atoms with Gasteiger partial charge in [-0.15, -0.1) is 0 Å². The molecule has 174 valence electrons. The van der Waals surface area contributed by atoms with E-state index in [1.165, 1.54) is 11.8 Å². The number of carbonyl (C=O) groups is 1. The van der Waals surface area contributed by atoms with Crippen LogP contribution in [0, 0.1) is 6.92 Å². The minimum absolute atomic E-state index is 0.0173. The monoisotopic (exact) mass is 485 g/mol. The van der Waals surface area contributed by atoms with E-state index in [0.717, 1.165) is 51.2 Å². The smallest absolute Gasteiger partial charge is 0.267 e. The van der Waals surface area contributed by atoms with Crippen LogP contribution in [0.4, 0.5) is 5.82 Å². The van der Waals surface area contributed by atoms with Crippen LogP contribution in [0.15, 0.2) is 28.0 Å². The Morgan fingerprint density at radius 2 is 2.06 bits per heavy atom. The Morgan fingerprint density at radius 1 is 1.27 bits per heavy atom. The quantitative estimate of drug-likeness (QED) is 0.482. The first kappa shape index (κ1) is 22.5. The molecule has 0 spiro atoms. The average molecular weight is 486 g/mol. The predicted molar refractivity (Wildman–Crippen MR) is 135 cm³/mol. The molecule has 2 aromatic heterocycles. The maximum atomic E-state index is 13.6. The summed E-state index contributed by atoms with van der Waals surface area (Å²) in [5.74, 6) is 0.463. The van der Waals surface area contributed by atoms with Gasteiger partial charge in [0.15, 0.2) is 0 Å². The van der Waals surface area contributed by atoms with E-state index >= 15 is 0 Å². The number of rotatable bonds is 4. The van der Waals surface area contributed by atoms with E-state index in [1.807, 2.05) is 19.1 Å². The van der Waals surface area contributed by atoms with Gasteiger partial charge < -0.3 is 14.5 Å². The van der Waals surface area contributed by atoms with E-state index in [2.05, 4.69) is 16.8 Å². The lowest BCUT2D eigenvalue weighted by Gasteiger charge is -2.34. The lowest BCUT2D eigenvalue weighted by molar-refractivity contribution is -0.123. The summed E-state index contributed by atoms with van der Waals surface area (Å²) in [4.78, 5) is 38.2. The molecule has 3 saturated heterocycles. The summed E-state index contributed by atoms with van der Waals surface area (Å²) >= 11 is 6.74. The molecule has 5 heterocycles. The van der Waals surface area contributed by atoms with Crippen molar-refractivity contribution in [2.24, 2.45) is 0 Å². The largest absolute Gasteiger partial charge is 0.376 e. The zero-order chi connectivity index (χ0) is 23.1. The number of thioether (sulfide) groups is 1. The van der Waals surface area contributed by atoms with Gasteiger partial charge in [0, 0.05) is 39.0 Å². The Bertz CT molecular complexity index is 1200. The van der Waals surface area contributed by atoms with Crippen molar-refractivity contribution in [2.45, 2.75) is 25.9 Å². The fourth-order valence-corrected chi connectivity index (χ4v) is 5.72. The van der Waals surface area contributed by atoms with E-state index in [0.29, 0.717) is 32.8 Å². The number of amides is 1. The number of aryl methyl sites for hydroxylation is 1. The van der Waals surface area contributed by atoms with Crippen molar-refractivity contribution in [1.29, 1.82) is 0 Å². The number of pyridine rings is 1. The first-order valence-electron chi connectivity index (χ1n) is 11.2. The highest BCUT2D eigenvalue weighted by molar-refractivity contribution is 8.26. The van der Waals surface area contributed by atoms with Gasteiger partial charge in [-0.2, -0.15) is 0 Å². The molecule has 0 radical (unpaired) electrons. The number of aromatic nitrogens is 2. The Kier molecular flexibility index (Phi) is 6.26. The topological polar surface area (TPSA) is 70.4 Å². The van der Waals surface area contributed by atoms with Crippen LogP contribution >= 0.6 is 24.0 Å². The SMILES string of the molecule is Cc1cccn2c(=O)c(/C=C3/SC(=S)N(CC4CCCO4)C3=O)c(N3CCN(C)CC3)nc12. The molecule has 3 aliphatic rings. The summed E-state index contributed by atoms with van der Waals surface area (Å²) < 4.78 is 7.76. The van der Waals surface area contributed by atoms with Crippen LogP contribution in [0.5, 0.6) is 0 Å². The van der Waals surface area contributed by atoms with Gasteiger partial charge in [-0.3, -0.25) is 18.9 Å². The molecule has 1 atom stereocenters. The minimum Gasteiger partial charge on any atom is -0.376 e. The van der Waals surface area contributed by atoms with Crippen LogP contribution in [0.3, 0.4) is 0 Å². The zero-order valence-corrected chi connectivity index (χ0v) is 20.5. The molecule has 1 amide bonds. The highest BCUT2D eigenvalue weighted by atomic mass is 32.2. The summed E-state index contributed by atoms with van der Waals surface area (Å²) in [6.07, 6.45) is 5.36. The van der Waals surface area contributed by atoms with Crippen molar-refractivity contribution in [3.8, 4) is 0 Å². The minimum atomic E-state index is -0.179. The van der Waals surface area contributed by atoms with Gasteiger partial charge >= 0.3 is 0 Å². The molecular weight excluding hydrogens is 458 g/mol. The average Bonchev–Trinajstić information content (AvgIpc) is 3.41. The molecule has 3 aliphatic heterocycles. The van der Waals surface area contributed by atoms with Gasteiger partial charge in [-0.25, -0.2) is 4.98 Å². The molecule has 0 aromatic carbocycles. The standard InChI is InChI=1S/C23H27N5O3S2/c1-15-5-3-7-27-19(15)24-20(26-10-8-25(2)9-11-26)17(21(27)29)13-18-22(30)28(23(32)33-18)14-16-6-4-12-31-16/h3,5,7,13,16H,4,6,8-12,14H2,1-2H3/b18-13+. The third-order valence-corrected chi connectivity index (χ3v) is 7.80. The number of hydrogen-bond donors (Lipinski definition) is 0. The summed E-state index contributed by atoms with van der Waals surface area (Å²) in [7, 11) is 2.09. The molecule has 0 saturated carbocycles. The number of fused-ring (bicyclic) bond motifs is 1. The third kappa shape index (κ3) is 4.32. The number of anilines is 1. The van der Waals surface area contributed by atoms with Gasteiger partial charge in [0.1, 0.15) is 15.8 Å². The number of nitrogens with zero attached hydrogens (tertiary/aromatic N) is 5. The second-order valence-electron chi connectivity index (χ2n) is 8.76. The predicted octanol–water partition coefficient (Wildman–Crippen LogP) is 2.13. The van der Waals surface area contributed by atoms with Crippen molar-refractivity contribution in [3.05, 3.63) is 44.7 Å². The number of carbonyl (C=O) groups excluding carboxylic acids is 1. The maximum absolute atomic E-state index is 13.6. The molecule has 5 rings (SSSR count). The molecule has 1 unspecified atom stereocenters. The van der Waals surface area contributed by atoms with Crippen molar-refractivity contribution >= 4 is 51.7 Å². The van der Waals surface area contributed by atoms with Crippen LogP contribution in [-0.2, 0) is 9.53 Å². The zero-order valence-electron chi connectivity index (χ0n) is 18.8. The summed E-state index contributed by atoms with van der Waals surface area (Å²) in [5.41, 5.74) is 1.82. The van der Waals surface area contributed by atoms with E-state index in [4.69, 9.17) is 21.9 Å². The van der Waals surface area contributed by atoms with Crippen molar-refractivity contribution in [3.63, 3.8) is 0 Å².